The summed E-state index contributed by atoms with van der Waals surface area (Å²) < 4.78 is 0. The Bertz CT molecular complexity index is 907. The zero-order valence-corrected chi connectivity index (χ0v) is 21.6. The molecular weight excluding hydrogens is 386 g/mol. The van der Waals surface area contributed by atoms with Crippen molar-refractivity contribution in [2.75, 3.05) is 0 Å². The van der Waals surface area contributed by atoms with Gasteiger partial charge in [-0.3, -0.25) is 0 Å². The van der Waals surface area contributed by atoms with Gasteiger partial charge in [0.1, 0.15) is 0 Å². The molecule has 3 unspecified atom stereocenters. The molecule has 3 rings (SSSR count). The molecule has 32 heavy (non-hydrogen) atoms. The molecule has 0 aromatic heterocycles. The summed E-state index contributed by atoms with van der Waals surface area (Å²) in [4.78, 5) is 2.67. The molecule has 0 saturated carbocycles. The molecule has 1 nitrogen and oxygen atoms in total. The van der Waals surface area contributed by atoms with E-state index in [0.717, 1.165) is 38.5 Å². The summed E-state index contributed by atoms with van der Waals surface area (Å²) in [5.41, 5.74) is 10.2. The summed E-state index contributed by atoms with van der Waals surface area (Å²) in [6.07, 6.45) is 12.3. The van der Waals surface area contributed by atoms with Crippen molar-refractivity contribution in [3.05, 3.63) is 83.1 Å². The molecule has 0 spiro atoms. The maximum Gasteiger partial charge on any atom is 0.0583 e. The highest BCUT2D eigenvalue weighted by atomic mass is 15.2. The Morgan fingerprint density at radius 2 is 1.94 bits per heavy atom. The molecule has 0 N–H and O–H groups in total. The number of hydrogen-bond acceptors (Lipinski definition) is 1. The van der Waals surface area contributed by atoms with Gasteiger partial charge < -0.3 is 4.90 Å². The second kappa shape index (κ2) is 9.86. The molecule has 0 amide bonds. The monoisotopic (exact) mass is 431 g/mol. The lowest BCUT2D eigenvalue weighted by atomic mass is 9.71. The third kappa shape index (κ3) is 4.82. The lowest BCUT2D eigenvalue weighted by molar-refractivity contribution is 0.0863. The number of nitrogens with zero attached hydrogens (tertiary/aromatic N) is 1. The molecule has 2 aliphatic rings. The van der Waals surface area contributed by atoms with Gasteiger partial charge in [0.05, 0.1) is 6.04 Å². The van der Waals surface area contributed by atoms with E-state index in [9.17, 15) is 0 Å². The van der Waals surface area contributed by atoms with Crippen LogP contribution in [-0.4, -0.2) is 10.9 Å². The van der Waals surface area contributed by atoms with Crippen LogP contribution in [0.1, 0.15) is 95.0 Å². The second-order valence-electron chi connectivity index (χ2n) is 11.2. The minimum atomic E-state index is 0.189. The predicted octanol–water partition coefficient (Wildman–Crippen LogP) is 8.65. The first-order valence-corrected chi connectivity index (χ1v) is 12.7. The largest absolute Gasteiger partial charge is 0.366 e. The number of benzene rings is 1. The van der Waals surface area contributed by atoms with Crippen molar-refractivity contribution in [3.8, 4) is 0 Å². The molecule has 1 heteroatoms. The molecule has 2 heterocycles. The molecule has 3 atom stereocenters. The van der Waals surface area contributed by atoms with Gasteiger partial charge in [-0.2, -0.15) is 0 Å². The maximum atomic E-state index is 4.51. The van der Waals surface area contributed by atoms with E-state index >= 15 is 0 Å². The fourth-order valence-corrected chi connectivity index (χ4v) is 5.77. The Hall–Kier alpha value is -2.02. The first kappa shape index (κ1) is 24.6. The molecule has 0 radical (unpaired) electrons. The lowest BCUT2D eigenvalue weighted by Gasteiger charge is -2.51. The van der Waals surface area contributed by atoms with Crippen molar-refractivity contribution in [3.63, 3.8) is 0 Å². The van der Waals surface area contributed by atoms with Crippen molar-refractivity contribution in [2.24, 2.45) is 11.3 Å². The highest BCUT2D eigenvalue weighted by molar-refractivity contribution is 5.51. The van der Waals surface area contributed by atoms with Crippen LogP contribution >= 0.6 is 0 Å². The van der Waals surface area contributed by atoms with Crippen molar-refractivity contribution < 1.29 is 0 Å². The van der Waals surface area contributed by atoms with E-state index in [1.54, 1.807) is 11.1 Å². The minimum absolute atomic E-state index is 0.189. The van der Waals surface area contributed by atoms with Crippen LogP contribution in [0.15, 0.2) is 60.9 Å². The maximum absolute atomic E-state index is 4.51. The Kier molecular flexibility index (Phi) is 7.58. The molecule has 174 valence electrons. The van der Waals surface area contributed by atoms with Gasteiger partial charge in [0.15, 0.2) is 0 Å². The Morgan fingerprint density at radius 3 is 2.53 bits per heavy atom. The van der Waals surface area contributed by atoms with Crippen LogP contribution in [0.4, 0.5) is 0 Å². The molecule has 2 aliphatic heterocycles. The SMILES string of the molecule is C=CCC(CC)Cc1c(C)ccc2c1CC(C(C)(C)C)N1C=C(C(=C)CCC)C(=C)CC21. The van der Waals surface area contributed by atoms with Crippen LogP contribution in [-0.2, 0) is 12.8 Å². The Balaban J connectivity index is 2.11. The van der Waals surface area contributed by atoms with Crippen molar-refractivity contribution in [1.29, 1.82) is 0 Å². The number of fused-ring (bicyclic) bond motifs is 3. The number of allylic oxidation sites excluding steroid dienone is 3. The Morgan fingerprint density at radius 1 is 1.22 bits per heavy atom. The van der Waals surface area contributed by atoms with Crippen LogP contribution in [0.3, 0.4) is 0 Å². The second-order valence-corrected chi connectivity index (χ2v) is 11.2. The molecule has 1 aromatic rings. The summed E-state index contributed by atoms with van der Waals surface area (Å²) in [6.45, 7) is 27.0. The third-order valence-electron chi connectivity index (χ3n) is 7.78. The minimum Gasteiger partial charge on any atom is -0.366 e. The number of hydrogen-bond donors (Lipinski definition) is 0. The van der Waals surface area contributed by atoms with E-state index in [1.165, 1.54) is 34.3 Å². The quantitative estimate of drug-likeness (QED) is 0.372. The van der Waals surface area contributed by atoms with E-state index < -0.39 is 0 Å². The van der Waals surface area contributed by atoms with E-state index in [0.29, 0.717) is 18.0 Å². The van der Waals surface area contributed by atoms with Crippen LogP contribution in [0.5, 0.6) is 0 Å². The lowest BCUT2D eigenvalue weighted by Crippen LogP contribution is -2.49. The predicted molar refractivity (Wildman–Crippen MR) is 141 cm³/mol. The first-order chi connectivity index (χ1) is 15.1. The van der Waals surface area contributed by atoms with E-state index in [-0.39, 0.29) is 5.41 Å². The van der Waals surface area contributed by atoms with Gasteiger partial charge in [0.25, 0.3) is 0 Å². The van der Waals surface area contributed by atoms with E-state index in [1.807, 2.05) is 0 Å². The van der Waals surface area contributed by atoms with Gasteiger partial charge in [0, 0.05) is 12.2 Å². The zero-order valence-electron chi connectivity index (χ0n) is 21.6. The average molecular weight is 432 g/mol. The summed E-state index contributed by atoms with van der Waals surface area (Å²) >= 11 is 0. The third-order valence-corrected chi connectivity index (χ3v) is 7.78. The highest BCUT2D eigenvalue weighted by Crippen LogP contribution is 2.48. The molecule has 0 fully saturated rings. The molecular formula is C31H45N. The summed E-state index contributed by atoms with van der Waals surface area (Å²) in [6, 6.07) is 5.62. The smallest absolute Gasteiger partial charge is 0.0583 e. The fourth-order valence-electron chi connectivity index (χ4n) is 5.77. The van der Waals surface area contributed by atoms with Gasteiger partial charge in [-0.15, -0.1) is 6.58 Å². The van der Waals surface area contributed by atoms with Crippen LogP contribution in [0.2, 0.25) is 0 Å². The van der Waals surface area contributed by atoms with Crippen molar-refractivity contribution in [2.45, 2.75) is 98.6 Å². The standard InChI is InChI=1S/C31H45N/c1-10-13-21(4)28-20-32-29(17-23(28)6)25-16-15-22(5)26(18-24(12-3)14-11-2)27(25)19-30(32)31(7,8)9/h11,15-16,20,24,29-30H,2,4,6,10,12-14,17-19H2,1,3,5,7-9H3. The highest BCUT2D eigenvalue weighted by Gasteiger charge is 2.42. The zero-order chi connectivity index (χ0) is 23.6. The average Bonchev–Trinajstić information content (AvgIpc) is 2.73. The van der Waals surface area contributed by atoms with Gasteiger partial charge in [0.2, 0.25) is 0 Å². The number of rotatable bonds is 8. The Labute approximate surface area is 198 Å². The van der Waals surface area contributed by atoms with E-state index in [2.05, 4.69) is 90.6 Å². The van der Waals surface area contributed by atoms with E-state index in [4.69, 9.17) is 0 Å². The van der Waals surface area contributed by atoms with Crippen LogP contribution in [0, 0.1) is 18.3 Å². The van der Waals surface area contributed by atoms with Gasteiger partial charge in [-0.25, -0.2) is 0 Å². The molecule has 0 saturated heterocycles. The van der Waals surface area contributed by atoms with Crippen molar-refractivity contribution in [1.82, 2.24) is 4.90 Å². The van der Waals surface area contributed by atoms with Gasteiger partial charge >= 0.3 is 0 Å². The van der Waals surface area contributed by atoms with Crippen molar-refractivity contribution >= 4 is 0 Å². The first-order valence-electron chi connectivity index (χ1n) is 12.7. The summed E-state index contributed by atoms with van der Waals surface area (Å²) in [7, 11) is 0. The topological polar surface area (TPSA) is 3.24 Å². The summed E-state index contributed by atoms with van der Waals surface area (Å²) in [5, 5.41) is 0. The molecule has 1 aromatic carbocycles. The molecule has 0 aliphatic carbocycles. The summed E-state index contributed by atoms with van der Waals surface area (Å²) in [5.74, 6) is 0.675. The van der Waals surface area contributed by atoms with Gasteiger partial charge in [-0.05, 0) is 89.3 Å². The number of aryl methyl sites for hydroxylation is 1. The fraction of sp³-hybridized carbons (Fsp3) is 0.548. The molecule has 0 bridgehead atoms. The normalized spacial score (nSPS) is 21.5. The van der Waals surface area contributed by atoms with Crippen LogP contribution < -0.4 is 0 Å². The van der Waals surface area contributed by atoms with Gasteiger partial charge in [-0.1, -0.05) is 78.8 Å². The van der Waals surface area contributed by atoms with Crippen LogP contribution in [0.25, 0.3) is 0 Å².